The van der Waals surface area contributed by atoms with E-state index in [1.165, 1.54) is 19.1 Å². The highest BCUT2D eigenvalue weighted by atomic mass is 35.5. The van der Waals surface area contributed by atoms with Gasteiger partial charge in [0, 0.05) is 16.8 Å². The summed E-state index contributed by atoms with van der Waals surface area (Å²) in [4.78, 5) is 24.6. The van der Waals surface area contributed by atoms with Gasteiger partial charge in [-0.05, 0) is 31.2 Å². The molecule has 1 heterocycles. The Bertz CT molecular complexity index is 904. The van der Waals surface area contributed by atoms with Crippen molar-refractivity contribution in [3.05, 3.63) is 45.9 Å². The Morgan fingerprint density at radius 2 is 1.85 bits per heavy atom. The molecule has 1 amide bonds. The summed E-state index contributed by atoms with van der Waals surface area (Å²) in [5, 5.41) is 3.01. The molecule has 0 aromatic heterocycles. The molecule has 0 aliphatic carbocycles. The minimum Gasteiger partial charge on any atom is -0.486 e. The fourth-order valence-electron chi connectivity index (χ4n) is 2.40. The third-order valence-electron chi connectivity index (χ3n) is 3.78. The van der Waals surface area contributed by atoms with Crippen molar-refractivity contribution in [1.82, 2.24) is 0 Å². The van der Waals surface area contributed by atoms with E-state index in [2.05, 4.69) is 5.32 Å². The van der Waals surface area contributed by atoms with Crippen molar-refractivity contribution >= 4 is 46.5 Å². The number of ether oxygens (including phenoxy) is 3. The van der Waals surface area contributed by atoms with E-state index in [1.54, 1.807) is 18.2 Å². The minimum atomic E-state index is -1.08. The van der Waals surface area contributed by atoms with Crippen molar-refractivity contribution in [2.24, 2.45) is 0 Å². The molecule has 1 atom stereocenters. The summed E-state index contributed by atoms with van der Waals surface area (Å²) in [6.45, 7) is 2.35. The third-order valence-corrected chi connectivity index (χ3v) is 4.31. The number of nitrogen functional groups attached to an aromatic ring is 1. The second kappa shape index (κ2) is 7.94. The minimum absolute atomic E-state index is 0.00789. The Hall–Kier alpha value is -2.64. The number of halogens is 2. The molecule has 0 saturated heterocycles. The molecule has 3 N–H and O–H groups in total. The van der Waals surface area contributed by atoms with Gasteiger partial charge in [-0.1, -0.05) is 23.2 Å². The molecule has 27 heavy (non-hydrogen) atoms. The van der Waals surface area contributed by atoms with Crippen molar-refractivity contribution in [2.75, 3.05) is 24.3 Å². The third kappa shape index (κ3) is 4.37. The molecule has 3 rings (SSSR count). The summed E-state index contributed by atoms with van der Waals surface area (Å²) in [6.07, 6.45) is -1.08. The topological polar surface area (TPSA) is 99.9 Å². The van der Waals surface area contributed by atoms with E-state index in [9.17, 15) is 9.59 Å². The van der Waals surface area contributed by atoms with Crippen molar-refractivity contribution in [3.8, 4) is 11.5 Å². The molecule has 1 aliphatic heterocycles. The summed E-state index contributed by atoms with van der Waals surface area (Å²) in [5.74, 6) is -0.189. The normalized spacial score (nSPS) is 13.6. The predicted octanol–water partition coefficient (Wildman–Crippen LogP) is 3.53. The molecular formula is C18H16Cl2N2O5. The average Bonchev–Trinajstić information content (AvgIpc) is 2.64. The van der Waals surface area contributed by atoms with Crippen LogP contribution < -0.4 is 20.5 Å². The van der Waals surface area contributed by atoms with Crippen LogP contribution in [0.5, 0.6) is 11.5 Å². The van der Waals surface area contributed by atoms with Crippen molar-refractivity contribution < 1.29 is 23.8 Å². The van der Waals surface area contributed by atoms with Crippen molar-refractivity contribution in [3.63, 3.8) is 0 Å². The van der Waals surface area contributed by atoms with E-state index in [-0.39, 0.29) is 21.3 Å². The molecule has 2 aromatic carbocycles. The van der Waals surface area contributed by atoms with Gasteiger partial charge in [0.2, 0.25) is 0 Å². The molecule has 0 radical (unpaired) electrons. The molecule has 142 valence electrons. The first-order valence-corrected chi connectivity index (χ1v) is 8.77. The number of benzene rings is 2. The molecule has 0 fully saturated rings. The lowest BCUT2D eigenvalue weighted by molar-refractivity contribution is -0.123. The SMILES string of the molecule is C[C@@H](OC(=O)c1cc(Cl)cc(Cl)c1N)C(=O)Nc1ccc2c(c1)OCCO2. The van der Waals surface area contributed by atoms with Crippen LogP contribution in [-0.4, -0.2) is 31.2 Å². The summed E-state index contributed by atoms with van der Waals surface area (Å²) >= 11 is 11.8. The molecule has 9 heteroatoms. The van der Waals surface area contributed by atoms with Crippen LogP contribution in [0.3, 0.4) is 0 Å². The van der Waals surface area contributed by atoms with E-state index < -0.39 is 18.0 Å². The Morgan fingerprint density at radius 3 is 2.59 bits per heavy atom. The van der Waals surface area contributed by atoms with Gasteiger partial charge in [0.15, 0.2) is 17.6 Å². The number of amides is 1. The molecule has 1 aliphatic rings. The first-order chi connectivity index (χ1) is 12.8. The number of nitrogens with one attached hydrogen (secondary N) is 1. The second-order valence-electron chi connectivity index (χ2n) is 5.74. The molecule has 2 aromatic rings. The summed E-state index contributed by atoms with van der Waals surface area (Å²) < 4.78 is 16.1. The van der Waals surface area contributed by atoms with E-state index in [1.807, 2.05) is 0 Å². The summed E-state index contributed by atoms with van der Waals surface area (Å²) in [7, 11) is 0. The molecule has 0 unspecified atom stereocenters. The standard InChI is InChI=1S/C18H16Cl2N2O5/c1-9(27-18(24)12-6-10(19)7-13(20)16(12)21)17(23)22-11-2-3-14-15(8-11)26-5-4-25-14/h2-3,6-9H,4-5,21H2,1H3,(H,22,23)/t9-/m1/s1. The number of esters is 1. The van der Waals surface area contributed by atoms with Gasteiger partial charge in [-0.2, -0.15) is 0 Å². The maximum atomic E-state index is 12.3. The van der Waals surface area contributed by atoms with Crippen LogP contribution in [0.1, 0.15) is 17.3 Å². The second-order valence-corrected chi connectivity index (χ2v) is 6.59. The van der Waals surface area contributed by atoms with Crippen LogP contribution in [0.2, 0.25) is 10.0 Å². The molecule has 0 spiro atoms. The highest BCUT2D eigenvalue weighted by Gasteiger charge is 2.22. The number of rotatable bonds is 4. The first-order valence-electron chi connectivity index (χ1n) is 8.01. The first kappa shape index (κ1) is 19.1. The van der Waals surface area contributed by atoms with Gasteiger partial charge in [-0.3, -0.25) is 4.79 Å². The largest absolute Gasteiger partial charge is 0.486 e. The van der Waals surface area contributed by atoms with Crippen LogP contribution in [-0.2, 0) is 9.53 Å². The number of carbonyl (C=O) groups is 2. The fourth-order valence-corrected chi connectivity index (χ4v) is 2.89. The number of nitrogens with two attached hydrogens (primary N) is 1. The lowest BCUT2D eigenvalue weighted by Crippen LogP contribution is -2.30. The number of carbonyl (C=O) groups excluding carboxylic acids is 2. The number of hydrogen-bond acceptors (Lipinski definition) is 6. The Morgan fingerprint density at radius 1 is 1.15 bits per heavy atom. The quantitative estimate of drug-likeness (QED) is 0.590. The monoisotopic (exact) mass is 410 g/mol. The average molecular weight is 411 g/mol. The highest BCUT2D eigenvalue weighted by molar-refractivity contribution is 6.37. The smallest absolute Gasteiger partial charge is 0.341 e. The van der Waals surface area contributed by atoms with Crippen LogP contribution in [0.25, 0.3) is 0 Å². The molecule has 0 bridgehead atoms. The van der Waals surface area contributed by atoms with Gasteiger partial charge in [0.1, 0.15) is 13.2 Å². The van der Waals surface area contributed by atoms with E-state index in [4.69, 9.17) is 43.1 Å². The van der Waals surface area contributed by atoms with E-state index >= 15 is 0 Å². The van der Waals surface area contributed by atoms with Gasteiger partial charge in [0.25, 0.3) is 5.91 Å². The van der Waals surface area contributed by atoms with Crippen molar-refractivity contribution in [1.29, 1.82) is 0 Å². The zero-order chi connectivity index (χ0) is 19.6. The molecular weight excluding hydrogens is 395 g/mol. The lowest BCUT2D eigenvalue weighted by Gasteiger charge is -2.19. The number of hydrogen-bond donors (Lipinski definition) is 2. The van der Waals surface area contributed by atoms with E-state index in [0.717, 1.165) is 0 Å². The van der Waals surface area contributed by atoms with Gasteiger partial charge in [0.05, 0.1) is 16.3 Å². The number of anilines is 2. The maximum Gasteiger partial charge on any atom is 0.341 e. The van der Waals surface area contributed by atoms with Gasteiger partial charge >= 0.3 is 5.97 Å². The van der Waals surface area contributed by atoms with E-state index in [0.29, 0.717) is 30.4 Å². The van der Waals surface area contributed by atoms with Crippen LogP contribution >= 0.6 is 23.2 Å². The zero-order valence-corrected chi connectivity index (χ0v) is 15.8. The lowest BCUT2D eigenvalue weighted by atomic mass is 10.2. The fraction of sp³-hybridized carbons (Fsp3) is 0.222. The zero-order valence-electron chi connectivity index (χ0n) is 14.3. The summed E-state index contributed by atoms with van der Waals surface area (Å²) in [5.41, 5.74) is 6.28. The molecule has 0 saturated carbocycles. The van der Waals surface area contributed by atoms with Gasteiger partial charge in [-0.25, -0.2) is 4.79 Å². The Balaban J connectivity index is 1.66. The Kier molecular flexibility index (Phi) is 5.62. The maximum absolute atomic E-state index is 12.3. The van der Waals surface area contributed by atoms with Crippen molar-refractivity contribution in [2.45, 2.75) is 13.0 Å². The number of fused-ring (bicyclic) bond motifs is 1. The highest BCUT2D eigenvalue weighted by Crippen LogP contribution is 2.33. The summed E-state index contributed by atoms with van der Waals surface area (Å²) in [6, 6.07) is 7.73. The predicted molar refractivity (Wildman–Crippen MR) is 102 cm³/mol. The Labute approximate surface area is 165 Å². The molecule has 7 nitrogen and oxygen atoms in total. The van der Waals surface area contributed by atoms with Gasteiger partial charge in [-0.15, -0.1) is 0 Å². The van der Waals surface area contributed by atoms with Crippen LogP contribution in [0, 0.1) is 0 Å². The van der Waals surface area contributed by atoms with Crippen LogP contribution in [0.15, 0.2) is 30.3 Å². The van der Waals surface area contributed by atoms with Crippen LogP contribution in [0.4, 0.5) is 11.4 Å². The van der Waals surface area contributed by atoms with Gasteiger partial charge < -0.3 is 25.3 Å².